The lowest BCUT2D eigenvalue weighted by atomic mass is 9.44. The molecule has 4 N–H and O–H groups in total. The van der Waals surface area contributed by atoms with Gasteiger partial charge >= 0.3 is 5.97 Å². The predicted octanol–water partition coefficient (Wildman–Crippen LogP) is 1.52. The third-order valence-electron chi connectivity index (χ3n) is 12.1. The van der Waals surface area contributed by atoms with E-state index in [0.29, 0.717) is 19.3 Å². The van der Waals surface area contributed by atoms with Gasteiger partial charge in [0.2, 0.25) is 0 Å². The fourth-order valence-corrected chi connectivity index (χ4v) is 9.88. The Hall–Kier alpha value is -1.32. The predicted molar refractivity (Wildman–Crippen MR) is 127 cm³/mol. The summed E-state index contributed by atoms with van der Waals surface area (Å²) in [5.74, 6) is -1.66. The molecule has 2 saturated heterocycles. The smallest absolute Gasteiger partial charge is 0.311 e. The van der Waals surface area contributed by atoms with Gasteiger partial charge < -0.3 is 29.9 Å². The van der Waals surface area contributed by atoms with Gasteiger partial charge in [0.1, 0.15) is 23.4 Å². The number of epoxide rings is 1. The Bertz CT molecular complexity index is 1030. The highest BCUT2D eigenvalue weighted by Gasteiger charge is 2.80. The minimum absolute atomic E-state index is 0.00108. The highest BCUT2D eigenvalue weighted by molar-refractivity contribution is 5.98. The minimum atomic E-state index is -1.55. The molecular formula is C28H40O8. The monoisotopic (exact) mass is 504 g/mol. The Morgan fingerprint density at radius 2 is 1.81 bits per heavy atom. The van der Waals surface area contributed by atoms with E-state index >= 15 is 0 Å². The molecule has 14 atom stereocenters. The molecule has 4 aliphatic carbocycles. The normalized spacial score (nSPS) is 59.2. The number of ether oxygens (including phenoxy) is 2. The summed E-state index contributed by atoms with van der Waals surface area (Å²) in [4.78, 5) is 25.9. The van der Waals surface area contributed by atoms with E-state index in [2.05, 4.69) is 6.92 Å². The molecule has 0 aromatic heterocycles. The van der Waals surface area contributed by atoms with Crippen LogP contribution in [0.15, 0.2) is 12.2 Å². The summed E-state index contributed by atoms with van der Waals surface area (Å²) in [6.45, 7) is 8.91. The van der Waals surface area contributed by atoms with Crippen molar-refractivity contribution in [2.75, 3.05) is 0 Å². The van der Waals surface area contributed by atoms with Crippen molar-refractivity contribution in [2.45, 2.75) is 108 Å². The maximum absolute atomic E-state index is 13.3. The van der Waals surface area contributed by atoms with Crippen molar-refractivity contribution < 1.29 is 39.5 Å². The number of aliphatic hydroxyl groups excluding tert-OH is 2. The van der Waals surface area contributed by atoms with Crippen molar-refractivity contribution in [3.05, 3.63) is 12.2 Å². The van der Waals surface area contributed by atoms with Crippen LogP contribution in [0.4, 0.5) is 0 Å². The first-order chi connectivity index (χ1) is 16.6. The number of aliphatic hydroxyl groups is 4. The van der Waals surface area contributed by atoms with Gasteiger partial charge in [-0.05, 0) is 88.7 Å². The van der Waals surface area contributed by atoms with Crippen LogP contribution in [0.1, 0.15) is 66.7 Å². The molecule has 0 aromatic carbocycles. The van der Waals surface area contributed by atoms with Crippen LogP contribution in [0.3, 0.4) is 0 Å². The van der Waals surface area contributed by atoms with Gasteiger partial charge in [0.15, 0.2) is 5.78 Å². The Labute approximate surface area is 212 Å². The first-order valence-corrected chi connectivity index (χ1v) is 13.5. The molecule has 3 saturated carbocycles. The summed E-state index contributed by atoms with van der Waals surface area (Å²) >= 11 is 0. The van der Waals surface area contributed by atoms with Crippen LogP contribution in [0, 0.1) is 40.4 Å². The number of esters is 1. The van der Waals surface area contributed by atoms with Crippen molar-refractivity contribution >= 4 is 11.8 Å². The molecule has 8 heteroatoms. The molecule has 2 heterocycles. The average Bonchev–Trinajstić information content (AvgIpc) is 3.45. The second-order valence-corrected chi connectivity index (χ2v) is 13.6. The second-order valence-electron chi connectivity index (χ2n) is 13.6. The summed E-state index contributed by atoms with van der Waals surface area (Å²) in [7, 11) is 0. The number of cyclic esters (lactones) is 1. The van der Waals surface area contributed by atoms with E-state index in [0.717, 1.165) is 6.42 Å². The molecule has 0 radical (unpaired) electrons. The fourth-order valence-electron chi connectivity index (χ4n) is 9.88. The van der Waals surface area contributed by atoms with Crippen LogP contribution in [-0.2, 0) is 19.1 Å². The molecule has 8 nitrogen and oxygen atoms in total. The van der Waals surface area contributed by atoms with Crippen molar-refractivity contribution in [1.82, 2.24) is 0 Å². The number of carbonyl (C=O) groups is 2. The number of carbonyl (C=O) groups excluding carboxylic acids is 2. The van der Waals surface area contributed by atoms with Gasteiger partial charge in [0, 0.05) is 12.3 Å². The van der Waals surface area contributed by atoms with Crippen LogP contribution in [0.2, 0.25) is 0 Å². The summed E-state index contributed by atoms with van der Waals surface area (Å²) in [6, 6.07) is 0. The lowest BCUT2D eigenvalue weighted by molar-refractivity contribution is -0.226. The maximum atomic E-state index is 13.3. The van der Waals surface area contributed by atoms with E-state index in [-0.39, 0.29) is 36.1 Å². The van der Waals surface area contributed by atoms with Crippen molar-refractivity contribution in [1.29, 1.82) is 0 Å². The molecular weight excluding hydrogens is 464 g/mol. The van der Waals surface area contributed by atoms with E-state index in [1.807, 2.05) is 6.92 Å². The van der Waals surface area contributed by atoms with Gasteiger partial charge in [-0.2, -0.15) is 0 Å². The number of ketones is 1. The van der Waals surface area contributed by atoms with E-state index in [9.17, 15) is 30.0 Å². The van der Waals surface area contributed by atoms with Crippen molar-refractivity contribution in [2.24, 2.45) is 40.4 Å². The van der Waals surface area contributed by atoms with Gasteiger partial charge in [-0.25, -0.2) is 0 Å². The number of hydrogen-bond acceptors (Lipinski definition) is 8. The molecule has 14 unspecified atom stereocenters. The topological polar surface area (TPSA) is 137 Å². The Morgan fingerprint density at radius 1 is 1.11 bits per heavy atom. The van der Waals surface area contributed by atoms with Gasteiger partial charge in [0.25, 0.3) is 0 Å². The number of rotatable bonds is 2. The molecule has 0 aromatic rings. The van der Waals surface area contributed by atoms with E-state index in [1.165, 1.54) is 6.08 Å². The van der Waals surface area contributed by atoms with Gasteiger partial charge in [0.05, 0.1) is 29.1 Å². The number of fused-ring (bicyclic) bond motifs is 4. The minimum Gasteiger partial charge on any atom is -0.459 e. The largest absolute Gasteiger partial charge is 0.459 e. The molecule has 1 spiro atoms. The van der Waals surface area contributed by atoms with Crippen molar-refractivity contribution in [3.63, 3.8) is 0 Å². The zero-order valence-corrected chi connectivity index (χ0v) is 21.8. The van der Waals surface area contributed by atoms with Gasteiger partial charge in [-0.15, -0.1) is 0 Å². The molecule has 0 bridgehead atoms. The molecule has 6 aliphatic rings. The van der Waals surface area contributed by atoms with Gasteiger partial charge in [-0.3, -0.25) is 9.59 Å². The molecule has 0 amide bonds. The maximum Gasteiger partial charge on any atom is 0.311 e. The molecule has 6 rings (SSSR count). The highest BCUT2D eigenvalue weighted by atomic mass is 16.6. The molecule has 2 aliphatic heterocycles. The average molecular weight is 505 g/mol. The van der Waals surface area contributed by atoms with Crippen LogP contribution >= 0.6 is 0 Å². The standard InChI is InChI=1S/C28H40O8/c1-13-23(32)35-21(12-25(13,3)33)27(5,34)22-17(29)11-16-14-10-20-28(36-20)19(31)7-6-18(30)26(28,4)15(14)8-9-24(16,22)2/h6-7,13-17,19-22,29,31,33-34H,8-12H2,1-5H3. The lowest BCUT2D eigenvalue weighted by Crippen LogP contribution is -2.65. The summed E-state index contributed by atoms with van der Waals surface area (Å²) in [5, 5.41) is 45.1. The summed E-state index contributed by atoms with van der Waals surface area (Å²) in [5.41, 5.74) is -4.99. The third-order valence-corrected chi connectivity index (χ3v) is 12.1. The summed E-state index contributed by atoms with van der Waals surface area (Å²) in [6.07, 6.45) is 3.00. The first-order valence-electron chi connectivity index (χ1n) is 13.5. The van der Waals surface area contributed by atoms with E-state index in [4.69, 9.17) is 9.47 Å². The second kappa shape index (κ2) is 7.20. The molecule has 200 valence electrons. The van der Waals surface area contributed by atoms with E-state index in [1.54, 1.807) is 26.8 Å². The van der Waals surface area contributed by atoms with Crippen LogP contribution in [0.5, 0.6) is 0 Å². The Morgan fingerprint density at radius 3 is 2.47 bits per heavy atom. The number of allylic oxidation sites excluding steroid dienone is 1. The number of hydrogen-bond donors (Lipinski definition) is 4. The third kappa shape index (κ3) is 2.78. The highest BCUT2D eigenvalue weighted by Crippen LogP contribution is 2.73. The van der Waals surface area contributed by atoms with E-state index < -0.39 is 63.8 Å². The Kier molecular flexibility index (Phi) is 5.00. The SMILES string of the molecule is CC1C(=O)OC(C(C)(O)C2C(O)CC3C4CC5OC56C(O)C=CC(=O)C6(C)C4CCC32C)CC1(C)O. The molecule has 5 fully saturated rings. The fraction of sp³-hybridized carbons (Fsp3) is 0.857. The zero-order chi connectivity index (χ0) is 26.2. The van der Waals surface area contributed by atoms with Crippen LogP contribution in [-0.4, -0.2) is 73.4 Å². The summed E-state index contributed by atoms with van der Waals surface area (Å²) < 4.78 is 11.8. The van der Waals surface area contributed by atoms with Crippen LogP contribution < -0.4 is 0 Å². The Balaban J connectivity index is 1.33. The van der Waals surface area contributed by atoms with Gasteiger partial charge in [-0.1, -0.05) is 6.92 Å². The lowest BCUT2D eigenvalue weighted by Gasteiger charge is -2.59. The zero-order valence-electron chi connectivity index (χ0n) is 21.8. The quantitative estimate of drug-likeness (QED) is 0.328. The molecule has 36 heavy (non-hydrogen) atoms. The van der Waals surface area contributed by atoms with Crippen molar-refractivity contribution in [3.8, 4) is 0 Å². The first kappa shape index (κ1) is 25.0. The van der Waals surface area contributed by atoms with Crippen LogP contribution in [0.25, 0.3) is 0 Å².